The average molecular weight is 372 g/mol. The molecule has 1 amide bonds. The van der Waals surface area contributed by atoms with Gasteiger partial charge in [-0.25, -0.2) is 0 Å². The molecule has 1 N–H and O–H groups in total. The van der Waals surface area contributed by atoms with Crippen LogP contribution < -0.4 is 4.90 Å². The number of thiophene rings is 1. The number of quaternary nitrogens is 1. The van der Waals surface area contributed by atoms with Gasteiger partial charge in [-0.2, -0.15) is 0 Å². The van der Waals surface area contributed by atoms with Crippen molar-refractivity contribution in [1.82, 2.24) is 4.90 Å². The number of nitrogens with zero attached hydrogens (tertiary/aromatic N) is 1. The van der Waals surface area contributed by atoms with Crippen molar-refractivity contribution in [3.63, 3.8) is 0 Å². The van der Waals surface area contributed by atoms with E-state index in [9.17, 15) is 9.59 Å². The highest BCUT2D eigenvalue weighted by Gasteiger charge is 2.32. The first-order chi connectivity index (χ1) is 11.0. The summed E-state index contributed by atoms with van der Waals surface area (Å²) in [5.41, 5.74) is 0. The summed E-state index contributed by atoms with van der Waals surface area (Å²) >= 11 is 8.08. The van der Waals surface area contributed by atoms with Gasteiger partial charge in [0.2, 0.25) is 0 Å². The Kier molecular flexibility index (Phi) is 6.76. The molecule has 1 aliphatic heterocycles. The molecule has 23 heavy (non-hydrogen) atoms. The number of esters is 1. The van der Waals surface area contributed by atoms with E-state index in [1.807, 2.05) is 37.7 Å². The second-order valence-electron chi connectivity index (χ2n) is 5.28. The third-order valence-corrected chi connectivity index (χ3v) is 5.29. The zero-order chi connectivity index (χ0) is 16.8. The van der Waals surface area contributed by atoms with Gasteiger partial charge < -0.3 is 9.64 Å². The van der Waals surface area contributed by atoms with E-state index in [0.717, 1.165) is 11.4 Å². The van der Waals surface area contributed by atoms with Crippen LogP contribution in [-0.4, -0.2) is 54.9 Å². The number of nitrogens with one attached hydrogen (secondary N) is 1. The Morgan fingerprint density at radius 3 is 2.91 bits per heavy atom. The molecule has 1 saturated heterocycles. The summed E-state index contributed by atoms with van der Waals surface area (Å²) in [5.74, 6) is -0.443. The predicted molar refractivity (Wildman–Crippen MR) is 97.5 cm³/mol. The maximum Gasteiger partial charge on any atom is 0.307 e. The molecule has 0 bridgehead atoms. The first-order valence-corrected chi connectivity index (χ1v) is 9.31. The number of rotatable bonds is 7. The highest BCUT2D eigenvalue weighted by atomic mass is 32.2. The summed E-state index contributed by atoms with van der Waals surface area (Å²) in [6, 6.07) is 3.88. The molecule has 8 heteroatoms. The maximum absolute atomic E-state index is 12.4. The van der Waals surface area contributed by atoms with Crippen LogP contribution in [0.5, 0.6) is 0 Å². The number of likely N-dealkylation sites (N-methyl/N-ethyl adjacent to an activating group) is 1. The number of amides is 1. The van der Waals surface area contributed by atoms with Crippen molar-refractivity contribution < 1.29 is 19.2 Å². The van der Waals surface area contributed by atoms with E-state index >= 15 is 0 Å². The van der Waals surface area contributed by atoms with Crippen LogP contribution in [0, 0.1) is 0 Å². The van der Waals surface area contributed by atoms with E-state index in [0.29, 0.717) is 15.8 Å². The van der Waals surface area contributed by atoms with Gasteiger partial charge in [0.15, 0.2) is 0 Å². The van der Waals surface area contributed by atoms with Crippen molar-refractivity contribution in [2.75, 3.05) is 33.8 Å². The zero-order valence-corrected chi connectivity index (χ0v) is 15.5. The van der Waals surface area contributed by atoms with Gasteiger partial charge in [-0.05, 0) is 17.5 Å². The number of ether oxygens (including phenoxy) is 1. The fraction of sp³-hybridized carbons (Fsp3) is 0.400. The number of carbonyl (C=O) groups is 2. The van der Waals surface area contributed by atoms with Gasteiger partial charge in [-0.1, -0.05) is 30.0 Å². The van der Waals surface area contributed by atoms with Crippen LogP contribution in [0.1, 0.15) is 11.3 Å². The molecule has 2 rings (SSSR count). The van der Waals surface area contributed by atoms with Crippen molar-refractivity contribution >= 4 is 57.6 Å². The molecule has 5 nitrogen and oxygen atoms in total. The molecule has 1 aromatic heterocycles. The Balaban J connectivity index is 1.85. The van der Waals surface area contributed by atoms with Crippen LogP contribution in [0.3, 0.4) is 0 Å². The lowest BCUT2D eigenvalue weighted by atomic mass is 10.3. The maximum atomic E-state index is 12.4. The number of hydrogen-bond acceptors (Lipinski definition) is 6. The SMILES string of the molecule is C[NH+](C)CCOC(=O)CCN1C(=O)/C(=C/c2cccs2)SC1=S. The van der Waals surface area contributed by atoms with Gasteiger partial charge >= 0.3 is 5.97 Å². The molecule has 0 unspecified atom stereocenters. The normalized spacial score (nSPS) is 16.7. The largest absolute Gasteiger partial charge is 0.460 e. The van der Waals surface area contributed by atoms with Gasteiger partial charge in [-0.15, -0.1) is 11.3 Å². The summed E-state index contributed by atoms with van der Waals surface area (Å²) in [4.78, 5) is 28.4. The predicted octanol–water partition coefficient (Wildman–Crippen LogP) is 1.03. The molecule has 124 valence electrons. The van der Waals surface area contributed by atoms with Gasteiger partial charge in [0.25, 0.3) is 5.91 Å². The zero-order valence-electron chi connectivity index (χ0n) is 13.0. The van der Waals surface area contributed by atoms with Gasteiger partial charge in [0.05, 0.1) is 25.4 Å². The number of carbonyl (C=O) groups excluding carboxylic acids is 2. The topological polar surface area (TPSA) is 51.1 Å². The molecule has 1 fully saturated rings. The van der Waals surface area contributed by atoms with E-state index in [1.54, 1.807) is 11.3 Å². The Hall–Kier alpha value is -1.22. The van der Waals surface area contributed by atoms with Gasteiger partial charge in [-0.3, -0.25) is 14.5 Å². The molecule has 0 radical (unpaired) electrons. The third kappa shape index (κ3) is 5.42. The standard InChI is InChI=1S/C15H18N2O3S3/c1-16(2)7-8-20-13(18)5-6-17-14(19)12(23-15(17)21)10-11-4-3-9-22-11/h3-4,9-10H,5-8H2,1-2H3/p+1/b12-10-. The molecule has 0 spiro atoms. The number of thioether (sulfide) groups is 1. The molecular formula is C15H19N2O3S3+. The summed E-state index contributed by atoms with van der Waals surface area (Å²) in [7, 11) is 3.99. The highest BCUT2D eigenvalue weighted by molar-refractivity contribution is 8.26. The molecule has 2 heterocycles. The highest BCUT2D eigenvalue weighted by Crippen LogP contribution is 2.33. The van der Waals surface area contributed by atoms with Crippen molar-refractivity contribution in [1.29, 1.82) is 0 Å². The van der Waals surface area contributed by atoms with Crippen LogP contribution in [0.4, 0.5) is 0 Å². The third-order valence-electron chi connectivity index (χ3n) is 3.09. The van der Waals surface area contributed by atoms with Crippen molar-refractivity contribution in [3.8, 4) is 0 Å². The second-order valence-corrected chi connectivity index (χ2v) is 7.93. The van der Waals surface area contributed by atoms with Crippen molar-refractivity contribution in [2.24, 2.45) is 0 Å². The summed E-state index contributed by atoms with van der Waals surface area (Å²) in [5, 5.41) is 1.96. The Morgan fingerprint density at radius 1 is 1.48 bits per heavy atom. The lowest BCUT2D eigenvalue weighted by Crippen LogP contribution is -3.06. The summed E-state index contributed by atoms with van der Waals surface area (Å²) in [6.07, 6.45) is 1.99. The molecule has 1 aliphatic rings. The van der Waals surface area contributed by atoms with Crippen LogP contribution in [0.2, 0.25) is 0 Å². The Labute approximate surface area is 149 Å². The van der Waals surface area contributed by atoms with E-state index < -0.39 is 0 Å². The molecule has 0 aliphatic carbocycles. The first-order valence-electron chi connectivity index (χ1n) is 7.21. The van der Waals surface area contributed by atoms with Gasteiger partial charge in [0.1, 0.15) is 17.5 Å². The van der Waals surface area contributed by atoms with Crippen molar-refractivity contribution in [2.45, 2.75) is 6.42 Å². The smallest absolute Gasteiger partial charge is 0.307 e. The Bertz CT molecular complexity index is 611. The van der Waals surface area contributed by atoms with Crippen LogP contribution >= 0.6 is 35.3 Å². The molecule has 0 aromatic carbocycles. The first kappa shape index (κ1) is 18.1. The summed E-state index contributed by atoms with van der Waals surface area (Å²) in [6.45, 7) is 1.41. The van der Waals surface area contributed by atoms with Crippen molar-refractivity contribution in [3.05, 3.63) is 27.3 Å². The number of hydrogen-bond donors (Lipinski definition) is 1. The minimum absolute atomic E-state index is 0.140. The fourth-order valence-electron chi connectivity index (χ4n) is 1.84. The van der Waals surface area contributed by atoms with Crippen LogP contribution in [-0.2, 0) is 14.3 Å². The lowest BCUT2D eigenvalue weighted by molar-refractivity contribution is -0.858. The van der Waals surface area contributed by atoms with Gasteiger partial charge in [0, 0.05) is 11.4 Å². The second kappa shape index (κ2) is 8.58. The number of thiocarbonyl (C=S) groups is 1. The molecule has 1 aromatic rings. The molecule has 0 saturated carbocycles. The van der Waals surface area contributed by atoms with Crippen LogP contribution in [0.15, 0.2) is 22.4 Å². The minimum Gasteiger partial charge on any atom is -0.460 e. The molecular weight excluding hydrogens is 352 g/mol. The van der Waals surface area contributed by atoms with E-state index in [2.05, 4.69) is 0 Å². The quantitative estimate of drug-likeness (QED) is 0.441. The average Bonchev–Trinajstić information content (AvgIpc) is 3.07. The minimum atomic E-state index is -0.303. The van der Waals surface area contributed by atoms with E-state index in [-0.39, 0.29) is 24.8 Å². The van der Waals surface area contributed by atoms with E-state index in [1.165, 1.54) is 21.6 Å². The molecule has 0 atom stereocenters. The Morgan fingerprint density at radius 2 is 2.26 bits per heavy atom. The fourth-order valence-corrected chi connectivity index (χ4v) is 3.87. The van der Waals surface area contributed by atoms with E-state index in [4.69, 9.17) is 17.0 Å². The van der Waals surface area contributed by atoms with Crippen LogP contribution in [0.25, 0.3) is 6.08 Å². The summed E-state index contributed by atoms with van der Waals surface area (Å²) < 4.78 is 5.62. The lowest BCUT2D eigenvalue weighted by Gasteiger charge is -2.14. The monoisotopic (exact) mass is 371 g/mol.